The zero-order valence-corrected chi connectivity index (χ0v) is 11.1. The minimum atomic E-state index is 0.208. The van der Waals surface area contributed by atoms with Crippen LogP contribution in [0, 0.1) is 0 Å². The lowest BCUT2D eigenvalue weighted by molar-refractivity contribution is 0.0362. The maximum Gasteiger partial charge on any atom is 0.0631 e. The number of hydrogen-bond donors (Lipinski definition) is 1. The Morgan fingerprint density at radius 3 is 2.94 bits per heavy atom. The third-order valence-corrected chi connectivity index (χ3v) is 3.54. The molecule has 0 aromatic carbocycles. The molecule has 0 spiro atoms. The van der Waals surface area contributed by atoms with Crippen LogP contribution in [0.15, 0.2) is 11.8 Å². The molecule has 0 bridgehead atoms. The molecule has 1 saturated heterocycles. The Labute approximate surface area is 99.5 Å². The normalized spacial score (nSPS) is 29.1. The summed E-state index contributed by atoms with van der Waals surface area (Å²) in [6, 6.07) is 0.556. The molecule has 0 radical (unpaired) electrons. The zero-order valence-electron chi connectivity index (χ0n) is 11.1. The van der Waals surface area contributed by atoms with E-state index in [4.69, 9.17) is 0 Å². The summed E-state index contributed by atoms with van der Waals surface area (Å²) in [5.41, 5.74) is 5.32. The summed E-state index contributed by atoms with van der Waals surface area (Å²) in [5.74, 6) is 0. The van der Waals surface area contributed by atoms with Crippen LogP contribution in [0.5, 0.6) is 0 Å². The minimum Gasteiger partial charge on any atom is -0.304 e. The van der Waals surface area contributed by atoms with E-state index in [-0.39, 0.29) is 5.54 Å². The molecule has 0 amide bonds. The van der Waals surface area contributed by atoms with E-state index in [0.717, 1.165) is 13.1 Å². The average Bonchev–Trinajstić information content (AvgIpc) is 2.57. The molecule has 2 rings (SSSR count). The second-order valence-electron chi connectivity index (χ2n) is 5.86. The maximum atomic E-state index is 3.65. The van der Waals surface area contributed by atoms with E-state index in [1.165, 1.54) is 25.0 Å². The highest BCUT2D eigenvalue weighted by atomic mass is 15.6. The molecule has 2 heterocycles. The van der Waals surface area contributed by atoms with E-state index in [2.05, 4.69) is 49.2 Å². The molecular weight excluding hydrogens is 198 g/mol. The van der Waals surface area contributed by atoms with Crippen molar-refractivity contribution in [3.63, 3.8) is 0 Å². The van der Waals surface area contributed by atoms with Gasteiger partial charge in [0.15, 0.2) is 0 Å². The fraction of sp³-hybridized carbons (Fsp3) is 0.846. The molecule has 3 nitrogen and oxygen atoms in total. The number of hydrazine groups is 1. The van der Waals surface area contributed by atoms with Crippen LogP contribution in [-0.4, -0.2) is 41.6 Å². The van der Waals surface area contributed by atoms with E-state index < -0.39 is 0 Å². The summed E-state index contributed by atoms with van der Waals surface area (Å²) < 4.78 is 0. The van der Waals surface area contributed by atoms with Gasteiger partial charge < -0.3 is 5.01 Å². The van der Waals surface area contributed by atoms with Crippen LogP contribution in [0.25, 0.3) is 0 Å². The van der Waals surface area contributed by atoms with Crippen LogP contribution in [0.2, 0.25) is 0 Å². The largest absolute Gasteiger partial charge is 0.304 e. The van der Waals surface area contributed by atoms with Crippen molar-refractivity contribution in [2.24, 2.45) is 0 Å². The van der Waals surface area contributed by atoms with Gasteiger partial charge in [-0.2, -0.15) is 0 Å². The second kappa shape index (κ2) is 4.38. The van der Waals surface area contributed by atoms with Gasteiger partial charge in [0.1, 0.15) is 0 Å². The first-order chi connectivity index (χ1) is 7.53. The summed E-state index contributed by atoms with van der Waals surface area (Å²) in [6.07, 6.45) is 6.28. The van der Waals surface area contributed by atoms with Gasteiger partial charge in [-0.05, 0) is 33.4 Å². The molecule has 92 valence electrons. The highest BCUT2D eigenvalue weighted by molar-refractivity contribution is 5.18. The molecule has 0 aromatic heterocycles. The second-order valence-corrected chi connectivity index (χ2v) is 5.86. The van der Waals surface area contributed by atoms with Crippen molar-refractivity contribution in [2.75, 3.05) is 20.1 Å². The molecule has 1 unspecified atom stereocenters. The molecule has 1 fully saturated rings. The maximum absolute atomic E-state index is 3.65. The van der Waals surface area contributed by atoms with Crippen LogP contribution < -0.4 is 5.43 Å². The van der Waals surface area contributed by atoms with Gasteiger partial charge in [-0.25, -0.2) is 5.43 Å². The van der Waals surface area contributed by atoms with Gasteiger partial charge >= 0.3 is 0 Å². The van der Waals surface area contributed by atoms with Gasteiger partial charge in [0, 0.05) is 24.8 Å². The molecule has 0 saturated carbocycles. The Balaban J connectivity index is 2.05. The van der Waals surface area contributed by atoms with Gasteiger partial charge in [-0.15, -0.1) is 0 Å². The van der Waals surface area contributed by atoms with Crippen LogP contribution in [0.1, 0.15) is 40.0 Å². The number of rotatable bonds is 3. The first kappa shape index (κ1) is 11.9. The Kier molecular flexibility index (Phi) is 3.27. The van der Waals surface area contributed by atoms with Crippen molar-refractivity contribution in [2.45, 2.75) is 51.6 Å². The number of fused-ring (bicyclic) bond motifs is 1. The lowest BCUT2D eigenvalue weighted by atomic mass is 10.0. The Hall–Kier alpha value is -0.540. The van der Waals surface area contributed by atoms with Gasteiger partial charge in [-0.3, -0.25) is 4.90 Å². The average molecular weight is 223 g/mol. The fourth-order valence-electron chi connectivity index (χ4n) is 2.92. The quantitative estimate of drug-likeness (QED) is 0.789. The van der Waals surface area contributed by atoms with Crippen molar-refractivity contribution in [3.8, 4) is 0 Å². The smallest absolute Gasteiger partial charge is 0.0631 e. The van der Waals surface area contributed by atoms with Gasteiger partial charge in [0.25, 0.3) is 0 Å². The summed E-state index contributed by atoms with van der Waals surface area (Å²) in [7, 11) is 2.21. The zero-order chi connectivity index (χ0) is 11.8. The highest BCUT2D eigenvalue weighted by Crippen LogP contribution is 2.29. The molecule has 0 aliphatic carbocycles. The van der Waals surface area contributed by atoms with E-state index in [0.29, 0.717) is 6.04 Å². The topological polar surface area (TPSA) is 18.5 Å². The van der Waals surface area contributed by atoms with Crippen molar-refractivity contribution in [1.29, 1.82) is 0 Å². The van der Waals surface area contributed by atoms with Crippen LogP contribution in [-0.2, 0) is 0 Å². The van der Waals surface area contributed by atoms with E-state index in [1.54, 1.807) is 0 Å². The molecule has 2 aliphatic rings. The summed E-state index contributed by atoms with van der Waals surface area (Å²) in [6.45, 7) is 9.08. The number of nitrogens with zero attached hydrogens (tertiary/aromatic N) is 2. The van der Waals surface area contributed by atoms with E-state index in [1.807, 2.05) is 0 Å². The van der Waals surface area contributed by atoms with Crippen molar-refractivity contribution in [1.82, 2.24) is 15.3 Å². The SMILES string of the molecule is CCCCC1C=C2CN(C)CC(C)(C)N2N1. The number of unbranched alkanes of at least 4 members (excludes halogenated alkanes) is 1. The van der Waals surface area contributed by atoms with Gasteiger partial charge in [-0.1, -0.05) is 19.8 Å². The minimum absolute atomic E-state index is 0.208. The molecule has 16 heavy (non-hydrogen) atoms. The molecule has 3 heteroatoms. The van der Waals surface area contributed by atoms with Crippen LogP contribution in [0.4, 0.5) is 0 Å². The number of nitrogens with one attached hydrogen (secondary N) is 1. The summed E-state index contributed by atoms with van der Waals surface area (Å²) in [4.78, 5) is 2.41. The van der Waals surface area contributed by atoms with E-state index >= 15 is 0 Å². The Morgan fingerprint density at radius 1 is 1.50 bits per heavy atom. The molecule has 2 aliphatic heterocycles. The molecule has 0 aromatic rings. The Morgan fingerprint density at radius 2 is 2.25 bits per heavy atom. The summed E-state index contributed by atoms with van der Waals surface area (Å²) >= 11 is 0. The van der Waals surface area contributed by atoms with Crippen LogP contribution in [0.3, 0.4) is 0 Å². The number of likely N-dealkylation sites (N-methyl/N-ethyl adjacent to an activating group) is 1. The van der Waals surface area contributed by atoms with Crippen molar-refractivity contribution in [3.05, 3.63) is 11.8 Å². The van der Waals surface area contributed by atoms with Crippen molar-refractivity contribution < 1.29 is 0 Å². The standard InChI is InChI=1S/C13H25N3/c1-5-6-7-11-8-12-9-15(4)10-13(2,3)16(12)14-11/h8,11,14H,5-7,9-10H2,1-4H3. The third kappa shape index (κ3) is 2.25. The molecule has 1 atom stereocenters. The van der Waals surface area contributed by atoms with E-state index in [9.17, 15) is 0 Å². The number of piperazine rings is 1. The van der Waals surface area contributed by atoms with Crippen molar-refractivity contribution >= 4 is 0 Å². The van der Waals surface area contributed by atoms with Gasteiger partial charge in [0.05, 0.1) is 5.54 Å². The predicted molar refractivity (Wildman–Crippen MR) is 67.9 cm³/mol. The first-order valence-electron chi connectivity index (χ1n) is 6.48. The monoisotopic (exact) mass is 223 g/mol. The first-order valence-corrected chi connectivity index (χ1v) is 6.48. The third-order valence-electron chi connectivity index (χ3n) is 3.54. The number of hydrogen-bond acceptors (Lipinski definition) is 3. The fourth-order valence-corrected chi connectivity index (χ4v) is 2.92. The molecular formula is C13H25N3. The summed E-state index contributed by atoms with van der Waals surface area (Å²) in [5, 5.41) is 2.40. The van der Waals surface area contributed by atoms with Gasteiger partial charge in [0.2, 0.25) is 0 Å². The molecule has 1 N–H and O–H groups in total. The lowest BCUT2D eigenvalue weighted by Gasteiger charge is -2.46. The lowest BCUT2D eigenvalue weighted by Crippen LogP contribution is -2.60. The Bertz CT molecular complexity index is 283. The van der Waals surface area contributed by atoms with Crippen LogP contribution >= 0.6 is 0 Å². The predicted octanol–water partition coefficient (Wildman–Crippen LogP) is 1.97. The highest BCUT2D eigenvalue weighted by Gasteiger charge is 2.38.